The Labute approximate surface area is 155 Å². The van der Waals surface area contributed by atoms with E-state index in [2.05, 4.69) is 22.2 Å². The lowest BCUT2D eigenvalue weighted by atomic mass is 10.2. The van der Waals surface area contributed by atoms with Crippen molar-refractivity contribution in [2.75, 3.05) is 6.61 Å². The second-order valence-corrected chi connectivity index (χ2v) is 6.16. The van der Waals surface area contributed by atoms with E-state index in [-0.39, 0.29) is 0 Å². The molecule has 0 aliphatic heterocycles. The van der Waals surface area contributed by atoms with Gasteiger partial charge in [0.05, 0.1) is 12.8 Å². The topological polar surface area (TPSA) is 55.2 Å². The Morgan fingerprint density at radius 3 is 2.60 bits per heavy atom. The fraction of sp³-hybridized carbons (Fsp3) is 0.167. The standard InChI is InChI=1S/C18H17ClN4OS/c1-2-11-24-16-9-3-13(4-10-16)12-20-23-17(21-22-18(23)25)14-5-7-15(19)8-6-14/h3-10,12H,2,11H2,1H3,(H,22,25). The second kappa shape index (κ2) is 8.09. The van der Waals surface area contributed by atoms with E-state index < -0.39 is 0 Å². The molecule has 25 heavy (non-hydrogen) atoms. The zero-order valence-corrected chi connectivity index (χ0v) is 15.2. The molecule has 0 fully saturated rings. The molecule has 0 bridgehead atoms. The molecular formula is C18H17ClN4OS. The summed E-state index contributed by atoms with van der Waals surface area (Å²) in [5.74, 6) is 1.47. The van der Waals surface area contributed by atoms with E-state index in [4.69, 9.17) is 28.6 Å². The van der Waals surface area contributed by atoms with Gasteiger partial charge in [-0.25, -0.2) is 5.10 Å². The SMILES string of the molecule is CCCOc1ccc(C=Nn2c(-c3ccc(Cl)cc3)n[nH]c2=S)cc1. The number of ether oxygens (including phenoxy) is 1. The Balaban J connectivity index is 1.83. The molecule has 1 N–H and O–H groups in total. The van der Waals surface area contributed by atoms with Gasteiger partial charge in [-0.2, -0.15) is 14.9 Å². The first-order chi connectivity index (χ1) is 12.2. The number of aromatic nitrogens is 3. The van der Waals surface area contributed by atoms with E-state index >= 15 is 0 Å². The highest BCUT2D eigenvalue weighted by atomic mass is 35.5. The van der Waals surface area contributed by atoms with Gasteiger partial charge in [-0.3, -0.25) is 0 Å². The maximum atomic E-state index is 5.93. The molecule has 128 valence electrons. The lowest BCUT2D eigenvalue weighted by molar-refractivity contribution is 0.317. The normalized spacial score (nSPS) is 11.1. The van der Waals surface area contributed by atoms with Crippen molar-refractivity contribution in [3.63, 3.8) is 0 Å². The molecule has 3 rings (SSSR count). The van der Waals surface area contributed by atoms with Crippen LogP contribution in [0.4, 0.5) is 0 Å². The van der Waals surface area contributed by atoms with Gasteiger partial charge in [0, 0.05) is 10.6 Å². The summed E-state index contributed by atoms with van der Waals surface area (Å²) in [4.78, 5) is 0. The van der Waals surface area contributed by atoms with Crippen LogP contribution in [0, 0.1) is 4.77 Å². The van der Waals surface area contributed by atoms with Crippen LogP contribution in [-0.2, 0) is 0 Å². The van der Waals surface area contributed by atoms with Crippen LogP contribution >= 0.6 is 23.8 Å². The molecule has 1 aromatic heterocycles. The van der Waals surface area contributed by atoms with E-state index in [1.165, 1.54) is 0 Å². The number of hydrogen-bond donors (Lipinski definition) is 1. The Morgan fingerprint density at radius 2 is 1.92 bits per heavy atom. The number of nitrogens with zero attached hydrogens (tertiary/aromatic N) is 3. The van der Waals surface area contributed by atoms with Gasteiger partial charge in [0.25, 0.3) is 0 Å². The van der Waals surface area contributed by atoms with E-state index in [1.807, 2.05) is 36.4 Å². The van der Waals surface area contributed by atoms with Crippen LogP contribution in [-0.4, -0.2) is 27.7 Å². The number of aromatic amines is 1. The number of hydrogen-bond acceptors (Lipinski definition) is 4. The van der Waals surface area contributed by atoms with E-state index in [1.54, 1.807) is 23.0 Å². The van der Waals surface area contributed by atoms with Crippen molar-refractivity contribution in [2.45, 2.75) is 13.3 Å². The van der Waals surface area contributed by atoms with Gasteiger partial charge in [-0.15, -0.1) is 0 Å². The molecule has 0 atom stereocenters. The fourth-order valence-electron chi connectivity index (χ4n) is 2.18. The second-order valence-electron chi connectivity index (χ2n) is 5.33. The van der Waals surface area contributed by atoms with Gasteiger partial charge < -0.3 is 4.74 Å². The van der Waals surface area contributed by atoms with E-state index in [0.717, 1.165) is 23.3 Å². The molecule has 0 amide bonds. The number of rotatable bonds is 6. The molecule has 0 spiro atoms. The maximum Gasteiger partial charge on any atom is 0.216 e. The van der Waals surface area contributed by atoms with Gasteiger partial charge in [0.1, 0.15) is 5.75 Å². The molecule has 2 aromatic carbocycles. The predicted octanol–water partition coefficient (Wildman–Crippen LogP) is 4.93. The molecule has 3 aromatic rings. The molecular weight excluding hydrogens is 356 g/mol. The van der Waals surface area contributed by atoms with Crippen LogP contribution in [0.25, 0.3) is 11.4 Å². The summed E-state index contributed by atoms with van der Waals surface area (Å²) in [5.41, 5.74) is 1.81. The van der Waals surface area contributed by atoms with Crippen LogP contribution in [0.1, 0.15) is 18.9 Å². The van der Waals surface area contributed by atoms with Gasteiger partial charge in [-0.1, -0.05) is 18.5 Å². The molecule has 0 aliphatic rings. The minimum Gasteiger partial charge on any atom is -0.494 e. The average molecular weight is 373 g/mol. The van der Waals surface area contributed by atoms with Crippen LogP contribution in [0.15, 0.2) is 53.6 Å². The monoisotopic (exact) mass is 372 g/mol. The zero-order chi connectivity index (χ0) is 17.6. The molecule has 0 saturated heterocycles. The van der Waals surface area contributed by atoms with Gasteiger partial charge >= 0.3 is 0 Å². The van der Waals surface area contributed by atoms with Crippen molar-refractivity contribution < 1.29 is 4.74 Å². The first-order valence-corrected chi connectivity index (χ1v) is 8.66. The molecule has 0 saturated carbocycles. The highest BCUT2D eigenvalue weighted by Crippen LogP contribution is 2.20. The van der Waals surface area contributed by atoms with Crippen LogP contribution in [0.5, 0.6) is 5.75 Å². The van der Waals surface area contributed by atoms with Gasteiger partial charge in [-0.05, 0) is 72.7 Å². The summed E-state index contributed by atoms with van der Waals surface area (Å²) in [6.07, 6.45) is 2.71. The molecule has 5 nitrogen and oxygen atoms in total. The lowest BCUT2D eigenvalue weighted by Gasteiger charge is -2.04. The number of benzene rings is 2. The van der Waals surface area contributed by atoms with Gasteiger partial charge in [0.2, 0.25) is 4.77 Å². The Kier molecular flexibility index (Phi) is 5.63. The first-order valence-electron chi connectivity index (χ1n) is 7.88. The summed E-state index contributed by atoms with van der Waals surface area (Å²) in [7, 11) is 0. The number of halogens is 1. The predicted molar refractivity (Wildman–Crippen MR) is 103 cm³/mol. The third-order valence-electron chi connectivity index (χ3n) is 3.43. The summed E-state index contributed by atoms with van der Waals surface area (Å²) in [6.45, 7) is 2.79. The molecule has 1 heterocycles. The zero-order valence-electron chi connectivity index (χ0n) is 13.6. The smallest absolute Gasteiger partial charge is 0.216 e. The van der Waals surface area contributed by atoms with Crippen molar-refractivity contribution in [3.8, 4) is 17.1 Å². The number of nitrogens with one attached hydrogen (secondary N) is 1. The minimum atomic E-state index is 0.420. The highest BCUT2D eigenvalue weighted by Gasteiger charge is 2.07. The van der Waals surface area contributed by atoms with Crippen molar-refractivity contribution in [3.05, 3.63) is 63.9 Å². The fourth-order valence-corrected chi connectivity index (χ4v) is 2.48. The minimum absolute atomic E-state index is 0.420. The van der Waals surface area contributed by atoms with Gasteiger partial charge in [0.15, 0.2) is 5.82 Å². The molecule has 0 radical (unpaired) electrons. The summed E-state index contributed by atoms with van der Waals surface area (Å²) in [5, 5.41) is 12.1. The lowest BCUT2D eigenvalue weighted by Crippen LogP contribution is -1.96. The Hall–Kier alpha value is -2.44. The third kappa shape index (κ3) is 4.35. The third-order valence-corrected chi connectivity index (χ3v) is 3.94. The Morgan fingerprint density at radius 1 is 1.20 bits per heavy atom. The van der Waals surface area contributed by atoms with Crippen LogP contribution < -0.4 is 4.74 Å². The van der Waals surface area contributed by atoms with E-state index in [9.17, 15) is 0 Å². The van der Waals surface area contributed by atoms with E-state index in [0.29, 0.717) is 22.2 Å². The summed E-state index contributed by atoms with van der Waals surface area (Å²) in [6, 6.07) is 15.1. The van der Waals surface area contributed by atoms with Crippen molar-refractivity contribution in [1.29, 1.82) is 0 Å². The summed E-state index contributed by atoms with van der Waals surface area (Å²) >= 11 is 11.2. The maximum absolute atomic E-state index is 5.93. The largest absolute Gasteiger partial charge is 0.494 e. The summed E-state index contributed by atoms with van der Waals surface area (Å²) < 4.78 is 7.58. The van der Waals surface area contributed by atoms with Crippen molar-refractivity contribution >= 4 is 30.0 Å². The highest BCUT2D eigenvalue weighted by molar-refractivity contribution is 7.71. The quantitative estimate of drug-likeness (QED) is 0.493. The van der Waals surface area contributed by atoms with Crippen molar-refractivity contribution in [2.24, 2.45) is 5.10 Å². The molecule has 0 unspecified atom stereocenters. The Bertz CT molecular complexity index is 913. The number of H-pyrrole nitrogens is 1. The molecule has 7 heteroatoms. The first kappa shape index (κ1) is 17.4. The van der Waals surface area contributed by atoms with Crippen LogP contribution in [0.2, 0.25) is 5.02 Å². The van der Waals surface area contributed by atoms with Crippen molar-refractivity contribution in [1.82, 2.24) is 14.9 Å². The van der Waals surface area contributed by atoms with Crippen LogP contribution in [0.3, 0.4) is 0 Å². The molecule has 0 aliphatic carbocycles. The average Bonchev–Trinajstić information content (AvgIpc) is 3.00.